The van der Waals surface area contributed by atoms with Crippen LogP contribution in [0.1, 0.15) is 19.3 Å². The van der Waals surface area contributed by atoms with E-state index < -0.39 is 18.0 Å². The van der Waals surface area contributed by atoms with Crippen LogP contribution in [-0.4, -0.2) is 61.9 Å². The molecule has 0 aromatic rings. The molecular formula is C12H20N2O6. The number of hydrogen-bond acceptors (Lipinski definition) is 6. The summed E-state index contributed by atoms with van der Waals surface area (Å²) in [5.74, 6) is -2.06. The molecule has 0 spiro atoms. The first-order valence-electron chi connectivity index (χ1n) is 6.43. The summed E-state index contributed by atoms with van der Waals surface area (Å²) >= 11 is 0. The molecule has 2 atom stereocenters. The Kier molecular flexibility index (Phi) is 6.96. The number of carboxylic acid groups (broad SMARTS) is 1. The van der Waals surface area contributed by atoms with Crippen LogP contribution in [0, 0.1) is 0 Å². The Bertz CT molecular complexity index is 354. The number of carboxylic acids is 1. The Hall–Kier alpha value is -1.67. The quantitative estimate of drug-likeness (QED) is 0.509. The van der Waals surface area contributed by atoms with E-state index in [4.69, 9.17) is 9.84 Å². The largest absolute Gasteiger partial charge is 0.480 e. The molecule has 0 aromatic heterocycles. The Morgan fingerprint density at radius 1 is 1.50 bits per heavy atom. The zero-order valence-electron chi connectivity index (χ0n) is 11.4. The number of morpholine rings is 1. The van der Waals surface area contributed by atoms with Gasteiger partial charge in [0.25, 0.3) is 0 Å². The second kappa shape index (κ2) is 8.49. The highest BCUT2D eigenvalue weighted by molar-refractivity contribution is 5.84. The summed E-state index contributed by atoms with van der Waals surface area (Å²) in [5, 5.41) is 14.5. The van der Waals surface area contributed by atoms with Crippen molar-refractivity contribution in [3.05, 3.63) is 0 Å². The van der Waals surface area contributed by atoms with Gasteiger partial charge >= 0.3 is 11.9 Å². The number of hydrogen-bond donors (Lipinski definition) is 3. The van der Waals surface area contributed by atoms with E-state index in [2.05, 4.69) is 15.4 Å². The Balaban J connectivity index is 2.37. The van der Waals surface area contributed by atoms with Crippen LogP contribution in [0.4, 0.5) is 0 Å². The number of methoxy groups -OCH3 is 1. The third kappa shape index (κ3) is 5.98. The van der Waals surface area contributed by atoms with Gasteiger partial charge in [0.05, 0.1) is 20.3 Å². The van der Waals surface area contributed by atoms with Crippen molar-refractivity contribution in [2.24, 2.45) is 0 Å². The first kappa shape index (κ1) is 16.4. The van der Waals surface area contributed by atoms with Gasteiger partial charge in [-0.15, -0.1) is 0 Å². The molecule has 0 radical (unpaired) electrons. The lowest BCUT2D eigenvalue weighted by Gasteiger charge is -2.24. The van der Waals surface area contributed by atoms with E-state index in [1.165, 1.54) is 7.11 Å². The number of carbonyl (C=O) groups is 3. The van der Waals surface area contributed by atoms with Crippen LogP contribution in [-0.2, 0) is 23.9 Å². The second-order valence-corrected chi connectivity index (χ2v) is 4.50. The zero-order chi connectivity index (χ0) is 15.0. The van der Waals surface area contributed by atoms with Crippen molar-refractivity contribution in [1.82, 2.24) is 10.6 Å². The van der Waals surface area contributed by atoms with Gasteiger partial charge < -0.3 is 25.2 Å². The van der Waals surface area contributed by atoms with Crippen LogP contribution in [0.2, 0.25) is 0 Å². The lowest BCUT2D eigenvalue weighted by Crippen LogP contribution is -2.47. The van der Waals surface area contributed by atoms with Crippen LogP contribution < -0.4 is 10.6 Å². The van der Waals surface area contributed by atoms with Crippen LogP contribution >= 0.6 is 0 Å². The van der Waals surface area contributed by atoms with E-state index in [1.54, 1.807) is 0 Å². The molecule has 1 fully saturated rings. The van der Waals surface area contributed by atoms with Crippen molar-refractivity contribution in [3.8, 4) is 0 Å². The molecule has 1 saturated heterocycles. The summed E-state index contributed by atoms with van der Waals surface area (Å²) in [6.07, 6.45) is 0.0862. The van der Waals surface area contributed by atoms with Gasteiger partial charge in [-0.1, -0.05) is 0 Å². The minimum absolute atomic E-state index is 0.00232. The number of rotatable bonds is 7. The summed E-state index contributed by atoms with van der Waals surface area (Å²) in [6, 6.07) is -1.20. The van der Waals surface area contributed by atoms with E-state index >= 15 is 0 Å². The van der Waals surface area contributed by atoms with E-state index in [9.17, 15) is 14.4 Å². The third-order valence-corrected chi connectivity index (χ3v) is 2.93. The molecular weight excluding hydrogens is 268 g/mol. The summed E-state index contributed by atoms with van der Waals surface area (Å²) in [5.41, 5.74) is 0. The highest BCUT2D eigenvalue weighted by Gasteiger charge is 2.23. The topological polar surface area (TPSA) is 114 Å². The van der Waals surface area contributed by atoms with Gasteiger partial charge in [0.1, 0.15) is 6.04 Å². The number of amides is 1. The smallest absolute Gasteiger partial charge is 0.326 e. The fourth-order valence-electron chi connectivity index (χ4n) is 1.85. The molecule has 0 aliphatic carbocycles. The molecule has 114 valence electrons. The summed E-state index contributed by atoms with van der Waals surface area (Å²) < 4.78 is 9.64. The standard InChI is InChI=1S/C12H20N2O6/c1-19-11(16)3-2-9(12(17)18)14-10(15)6-8-7-20-5-4-13-8/h8-9,13H,2-7H2,1H3,(H,14,15)(H,17,18). The molecule has 2 unspecified atom stereocenters. The Morgan fingerprint density at radius 2 is 2.25 bits per heavy atom. The van der Waals surface area contributed by atoms with Crippen LogP contribution in [0.15, 0.2) is 0 Å². The van der Waals surface area contributed by atoms with E-state index in [0.717, 1.165) is 0 Å². The Morgan fingerprint density at radius 3 is 2.80 bits per heavy atom. The molecule has 8 heteroatoms. The van der Waals surface area contributed by atoms with Crippen molar-refractivity contribution < 1.29 is 29.0 Å². The van der Waals surface area contributed by atoms with Gasteiger partial charge in [0.15, 0.2) is 0 Å². The molecule has 1 aliphatic heterocycles. The molecule has 1 rings (SSSR count). The number of carbonyl (C=O) groups excluding carboxylic acids is 2. The molecule has 20 heavy (non-hydrogen) atoms. The number of esters is 1. The molecule has 0 aromatic carbocycles. The van der Waals surface area contributed by atoms with Crippen molar-refractivity contribution in [3.63, 3.8) is 0 Å². The molecule has 1 amide bonds. The van der Waals surface area contributed by atoms with Gasteiger partial charge in [-0.25, -0.2) is 4.79 Å². The SMILES string of the molecule is COC(=O)CCC(NC(=O)CC1COCCN1)C(=O)O. The Labute approximate surface area is 116 Å². The fourth-order valence-corrected chi connectivity index (χ4v) is 1.85. The van der Waals surface area contributed by atoms with Crippen molar-refractivity contribution in [2.75, 3.05) is 26.9 Å². The van der Waals surface area contributed by atoms with E-state index in [0.29, 0.717) is 19.8 Å². The first-order valence-corrected chi connectivity index (χ1v) is 6.43. The minimum atomic E-state index is -1.17. The van der Waals surface area contributed by atoms with Crippen molar-refractivity contribution in [2.45, 2.75) is 31.3 Å². The maximum Gasteiger partial charge on any atom is 0.326 e. The predicted octanol–water partition coefficient (Wildman–Crippen LogP) is -1.11. The summed E-state index contributed by atoms with van der Waals surface area (Å²) in [4.78, 5) is 33.8. The highest BCUT2D eigenvalue weighted by atomic mass is 16.5. The lowest BCUT2D eigenvalue weighted by molar-refractivity contribution is -0.144. The van der Waals surface area contributed by atoms with Crippen molar-refractivity contribution in [1.29, 1.82) is 0 Å². The van der Waals surface area contributed by atoms with Gasteiger partial charge in [-0.05, 0) is 6.42 Å². The predicted molar refractivity (Wildman–Crippen MR) is 68.0 cm³/mol. The average Bonchev–Trinajstić information content (AvgIpc) is 2.43. The maximum absolute atomic E-state index is 11.8. The van der Waals surface area contributed by atoms with E-state index in [1.807, 2.05) is 0 Å². The number of nitrogens with one attached hydrogen (secondary N) is 2. The third-order valence-electron chi connectivity index (χ3n) is 2.93. The lowest BCUT2D eigenvalue weighted by atomic mass is 10.1. The van der Waals surface area contributed by atoms with Crippen LogP contribution in [0.3, 0.4) is 0 Å². The van der Waals surface area contributed by atoms with Gasteiger partial charge in [0, 0.05) is 25.4 Å². The van der Waals surface area contributed by atoms with Crippen LogP contribution in [0.25, 0.3) is 0 Å². The second-order valence-electron chi connectivity index (χ2n) is 4.50. The van der Waals surface area contributed by atoms with E-state index in [-0.39, 0.29) is 31.2 Å². The number of ether oxygens (including phenoxy) is 2. The van der Waals surface area contributed by atoms with Gasteiger partial charge in [-0.2, -0.15) is 0 Å². The van der Waals surface area contributed by atoms with Gasteiger partial charge in [-0.3, -0.25) is 9.59 Å². The molecule has 3 N–H and O–H groups in total. The highest BCUT2D eigenvalue weighted by Crippen LogP contribution is 2.03. The molecule has 1 heterocycles. The molecule has 8 nitrogen and oxygen atoms in total. The monoisotopic (exact) mass is 288 g/mol. The van der Waals surface area contributed by atoms with Gasteiger partial charge in [0.2, 0.25) is 5.91 Å². The summed E-state index contributed by atoms with van der Waals surface area (Å²) in [6.45, 7) is 1.70. The molecule has 0 bridgehead atoms. The van der Waals surface area contributed by atoms with Crippen molar-refractivity contribution >= 4 is 17.8 Å². The average molecular weight is 288 g/mol. The zero-order valence-corrected chi connectivity index (χ0v) is 11.4. The fraction of sp³-hybridized carbons (Fsp3) is 0.750. The summed E-state index contributed by atoms with van der Waals surface area (Å²) in [7, 11) is 1.23. The molecule has 0 saturated carbocycles. The first-order chi connectivity index (χ1) is 9.52. The van der Waals surface area contributed by atoms with Crippen LogP contribution in [0.5, 0.6) is 0 Å². The molecule has 1 aliphatic rings. The maximum atomic E-state index is 11.8. The minimum Gasteiger partial charge on any atom is -0.480 e. The normalized spacial score (nSPS) is 19.9. The number of aliphatic carboxylic acids is 1.